The molecule has 1 aromatic carbocycles. The first-order valence-electron chi connectivity index (χ1n) is 8.44. The Kier molecular flexibility index (Phi) is 5.43. The summed E-state index contributed by atoms with van der Waals surface area (Å²) >= 11 is 0. The molecule has 1 saturated carbocycles. The van der Waals surface area contributed by atoms with Crippen molar-refractivity contribution < 1.29 is 9.90 Å². The van der Waals surface area contributed by atoms with Gasteiger partial charge in [0.05, 0.1) is 6.10 Å². The van der Waals surface area contributed by atoms with Crippen molar-refractivity contribution in [3.8, 4) is 0 Å². The zero-order valence-corrected chi connectivity index (χ0v) is 13.6. The normalized spacial score (nSPS) is 20.4. The molecule has 0 radical (unpaired) electrons. The minimum Gasteiger partial charge on any atom is -0.393 e. The van der Waals surface area contributed by atoms with Crippen molar-refractivity contribution in [2.24, 2.45) is 5.92 Å². The second-order valence-electron chi connectivity index (χ2n) is 6.33. The van der Waals surface area contributed by atoms with E-state index in [1.54, 1.807) is 12.4 Å². The minimum absolute atomic E-state index is 0.0643. The third kappa shape index (κ3) is 4.55. The van der Waals surface area contributed by atoms with Crippen molar-refractivity contribution >= 4 is 17.3 Å². The Bertz CT molecular complexity index is 658. The summed E-state index contributed by atoms with van der Waals surface area (Å²) in [7, 11) is 0. The maximum atomic E-state index is 12.2. The molecule has 0 aliphatic heterocycles. The number of benzene rings is 1. The van der Waals surface area contributed by atoms with E-state index in [-0.39, 0.29) is 12.0 Å². The molecule has 1 aliphatic carbocycles. The predicted octanol–water partition coefficient (Wildman–Crippen LogP) is 3.11. The average Bonchev–Trinajstić information content (AvgIpc) is 2.61. The van der Waals surface area contributed by atoms with Crippen LogP contribution in [0.1, 0.15) is 36.0 Å². The number of nitrogens with zero attached hydrogens (tertiary/aromatic N) is 1. The van der Waals surface area contributed by atoms with Crippen LogP contribution in [0, 0.1) is 5.92 Å². The van der Waals surface area contributed by atoms with Gasteiger partial charge >= 0.3 is 0 Å². The van der Waals surface area contributed by atoms with Crippen LogP contribution in [0.25, 0.3) is 0 Å². The number of amides is 1. The summed E-state index contributed by atoms with van der Waals surface area (Å²) in [6.45, 7) is 0.632. The summed E-state index contributed by atoms with van der Waals surface area (Å²) in [5.74, 6) is 0.316. The van der Waals surface area contributed by atoms with Gasteiger partial charge in [0.15, 0.2) is 0 Å². The van der Waals surface area contributed by atoms with E-state index < -0.39 is 0 Å². The zero-order valence-electron chi connectivity index (χ0n) is 13.6. The van der Waals surface area contributed by atoms with E-state index in [9.17, 15) is 9.90 Å². The van der Waals surface area contributed by atoms with E-state index in [0.717, 1.165) is 37.1 Å². The summed E-state index contributed by atoms with van der Waals surface area (Å²) in [4.78, 5) is 16.2. The van der Waals surface area contributed by atoms with Crippen LogP contribution in [0.2, 0.25) is 0 Å². The lowest BCUT2D eigenvalue weighted by atomic mass is 9.87. The Morgan fingerprint density at radius 1 is 1.08 bits per heavy atom. The van der Waals surface area contributed by atoms with Gasteiger partial charge in [-0.1, -0.05) is 6.42 Å². The van der Waals surface area contributed by atoms with Crippen molar-refractivity contribution in [1.82, 2.24) is 10.3 Å². The van der Waals surface area contributed by atoms with E-state index in [1.807, 2.05) is 36.4 Å². The monoisotopic (exact) mass is 325 g/mol. The van der Waals surface area contributed by atoms with E-state index in [0.29, 0.717) is 18.0 Å². The first-order chi connectivity index (χ1) is 11.7. The second kappa shape index (κ2) is 7.93. The number of hydrogen-bond donors (Lipinski definition) is 3. The van der Waals surface area contributed by atoms with Gasteiger partial charge in [-0.05, 0) is 61.6 Å². The van der Waals surface area contributed by atoms with E-state index in [1.165, 1.54) is 0 Å². The first kappa shape index (κ1) is 16.5. The highest BCUT2D eigenvalue weighted by Gasteiger charge is 2.20. The minimum atomic E-state index is -0.209. The van der Waals surface area contributed by atoms with Gasteiger partial charge in [-0.15, -0.1) is 0 Å². The molecule has 0 bridgehead atoms. The molecule has 0 saturated heterocycles. The van der Waals surface area contributed by atoms with Crippen molar-refractivity contribution in [1.29, 1.82) is 0 Å². The first-order valence-corrected chi connectivity index (χ1v) is 8.44. The Balaban J connectivity index is 1.52. The fraction of sp³-hybridized carbons (Fsp3) is 0.368. The van der Waals surface area contributed by atoms with Gasteiger partial charge in [-0.25, -0.2) is 0 Å². The molecule has 1 aliphatic rings. The van der Waals surface area contributed by atoms with Crippen molar-refractivity contribution in [3.63, 3.8) is 0 Å². The largest absolute Gasteiger partial charge is 0.393 e. The van der Waals surface area contributed by atoms with Gasteiger partial charge in [0, 0.05) is 35.9 Å². The number of rotatable bonds is 5. The molecule has 3 rings (SSSR count). The number of hydrogen-bond acceptors (Lipinski definition) is 4. The van der Waals surface area contributed by atoms with E-state index in [2.05, 4.69) is 15.6 Å². The van der Waals surface area contributed by atoms with Crippen molar-refractivity contribution in [3.05, 3.63) is 54.4 Å². The molecule has 2 unspecified atom stereocenters. The molecule has 5 heteroatoms. The number of aromatic nitrogens is 1. The molecule has 126 valence electrons. The van der Waals surface area contributed by atoms with Crippen molar-refractivity contribution in [2.45, 2.75) is 31.8 Å². The summed E-state index contributed by atoms with van der Waals surface area (Å²) in [5, 5.41) is 15.9. The zero-order chi connectivity index (χ0) is 16.8. The summed E-state index contributed by atoms with van der Waals surface area (Å²) in [5.41, 5.74) is 2.53. The number of carbonyl (C=O) groups is 1. The maximum Gasteiger partial charge on any atom is 0.251 e. The average molecular weight is 325 g/mol. The molecule has 1 heterocycles. The molecule has 24 heavy (non-hydrogen) atoms. The smallest absolute Gasteiger partial charge is 0.251 e. The fourth-order valence-corrected chi connectivity index (χ4v) is 3.09. The number of pyridine rings is 1. The van der Waals surface area contributed by atoms with E-state index >= 15 is 0 Å². The van der Waals surface area contributed by atoms with Crippen molar-refractivity contribution in [2.75, 3.05) is 11.9 Å². The van der Waals surface area contributed by atoms with E-state index in [4.69, 9.17) is 0 Å². The molecular weight excluding hydrogens is 302 g/mol. The van der Waals surface area contributed by atoms with Gasteiger partial charge in [-0.2, -0.15) is 0 Å². The van der Waals surface area contributed by atoms with Gasteiger partial charge in [-0.3, -0.25) is 9.78 Å². The lowest BCUT2D eigenvalue weighted by Gasteiger charge is -2.25. The third-order valence-corrected chi connectivity index (χ3v) is 4.42. The van der Waals surface area contributed by atoms with Crippen LogP contribution in [-0.4, -0.2) is 28.6 Å². The van der Waals surface area contributed by atoms with Crippen LogP contribution in [0.15, 0.2) is 48.8 Å². The Labute approximate surface area is 142 Å². The van der Waals surface area contributed by atoms with Gasteiger partial charge in [0.2, 0.25) is 0 Å². The third-order valence-electron chi connectivity index (χ3n) is 4.42. The van der Waals surface area contributed by atoms with Gasteiger partial charge in [0.1, 0.15) is 0 Å². The topological polar surface area (TPSA) is 74.2 Å². The van der Waals surface area contributed by atoms with Crippen LogP contribution >= 0.6 is 0 Å². The van der Waals surface area contributed by atoms with Crippen LogP contribution in [0.3, 0.4) is 0 Å². The SMILES string of the molecule is O=C(NCC1CCCC(O)C1)c1ccc(Nc2ccncc2)cc1. The summed E-state index contributed by atoms with van der Waals surface area (Å²) < 4.78 is 0. The van der Waals surface area contributed by atoms with Crippen LogP contribution in [0.5, 0.6) is 0 Å². The summed E-state index contributed by atoms with van der Waals surface area (Å²) in [6.07, 6.45) is 7.03. The van der Waals surface area contributed by atoms with Gasteiger partial charge in [0.25, 0.3) is 5.91 Å². The molecule has 3 N–H and O–H groups in total. The molecule has 1 aromatic heterocycles. The number of anilines is 2. The van der Waals surface area contributed by atoms with Crippen LogP contribution in [-0.2, 0) is 0 Å². The molecule has 5 nitrogen and oxygen atoms in total. The van der Waals surface area contributed by atoms with Crippen LogP contribution < -0.4 is 10.6 Å². The maximum absolute atomic E-state index is 12.2. The number of aliphatic hydroxyl groups excluding tert-OH is 1. The van der Waals surface area contributed by atoms with Gasteiger partial charge < -0.3 is 15.7 Å². The Morgan fingerprint density at radius 3 is 2.50 bits per heavy atom. The van der Waals surface area contributed by atoms with Crippen LogP contribution in [0.4, 0.5) is 11.4 Å². The Morgan fingerprint density at radius 2 is 1.79 bits per heavy atom. The molecule has 1 amide bonds. The fourth-order valence-electron chi connectivity index (χ4n) is 3.09. The number of nitrogens with one attached hydrogen (secondary N) is 2. The molecular formula is C19H23N3O2. The molecule has 1 fully saturated rings. The predicted molar refractivity (Wildman–Crippen MR) is 94.3 cm³/mol. The molecule has 2 atom stereocenters. The highest BCUT2D eigenvalue weighted by atomic mass is 16.3. The standard InChI is InChI=1S/C19H23N3O2/c23-18-3-1-2-14(12-18)13-21-19(24)15-4-6-16(7-5-15)22-17-8-10-20-11-9-17/h4-11,14,18,23H,1-3,12-13H2,(H,20,22)(H,21,24). The highest BCUT2D eigenvalue weighted by molar-refractivity contribution is 5.94. The lowest BCUT2D eigenvalue weighted by molar-refractivity contribution is 0.0874. The highest BCUT2D eigenvalue weighted by Crippen LogP contribution is 2.23. The summed E-state index contributed by atoms with van der Waals surface area (Å²) in [6, 6.07) is 11.2. The second-order valence-corrected chi connectivity index (χ2v) is 6.33. The molecule has 0 spiro atoms. The number of aliphatic hydroxyl groups is 1. The Hall–Kier alpha value is -2.40. The molecule has 2 aromatic rings. The number of carbonyl (C=O) groups excluding carboxylic acids is 1. The lowest BCUT2D eigenvalue weighted by Crippen LogP contribution is -2.32. The quantitative estimate of drug-likeness (QED) is 0.790.